The number of benzene rings is 8. The van der Waals surface area contributed by atoms with Crippen LogP contribution in [0.3, 0.4) is 0 Å². The van der Waals surface area contributed by atoms with Crippen LogP contribution in [-0.4, -0.2) is 18.7 Å². The molecule has 54 heavy (non-hydrogen) atoms. The molecule has 0 atom stereocenters. The first kappa shape index (κ1) is 29.2. The standard InChI is InChI=1S/C49H30N4O/c1-2-12-31(13-3-1)49-50-40-17-7-11-21-44(40)53(49)33-24-22-32(23-25-33)51-43-20-10-6-16-38(43)47-45(51)28-27-37-39-30-34(26-29-46(39)54-48(37)47)52-41-18-8-4-14-35(41)36-15-5-9-19-42(36)52/h1-30H. The molecule has 5 heteroatoms. The van der Waals surface area contributed by atoms with Gasteiger partial charge in [0.05, 0.1) is 38.5 Å². The molecule has 12 aromatic rings. The van der Waals surface area contributed by atoms with E-state index in [1.165, 1.54) is 21.8 Å². The van der Waals surface area contributed by atoms with Gasteiger partial charge in [-0.05, 0) is 84.9 Å². The normalized spacial score (nSPS) is 12.1. The van der Waals surface area contributed by atoms with Crippen molar-refractivity contribution in [1.29, 1.82) is 0 Å². The van der Waals surface area contributed by atoms with E-state index >= 15 is 0 Å². The molecule has 8 aromatic carbocycles. The molecule has 0 aliphatic rings. The average molecular weight is 691 g/mol. The van der Waals surface area contributed by atoms with Gasteiger partial charge in [-0.1, -0.05) is 97.1 Å². The summed E-state index contributed by atoms with van der Waals surface area (Å²) in [6.45, 7) is 0. The summed E-state index contributed by atoms with van der Waals surface area (Å²) in [6.07, 6.45) is 0. The molecule has 0 aliphatic carbocycles. The molecule has 4 heterocycles. The number of imidazole rings is 1. The second-order valence-electron chi connectivity index (χ2n) is 14.0. The van der Waals surface area contributed by atoms with Crippen molar-refractivity contribution in [1.82, 2.24) is 18.7 Å². The van der Waals surface area contributed by atoms with Gasteiger partial charge in [-0.15, -0.1) is 0 Å². The maximum Gasteiger partial charge on any atom is 0.145 e. The van der Waals surface area contributed by atoms with Crippen molar-refractivity contribution < 1.29 is 4.42 Å². The number of furan rings is 1. The molecule has 0 aliphatic heterocycles. The van der Waals surface area contributed by atoms with Gasteiger partial charge >= 0.3 is 0 Å². The molecule has 252 valence electrons. The molecule has 0 fully saturated rings. The fourth-order valence-electron chi connectivity index (χ4n) is 8.71. The topological polar surface area (TPSA) is 40.8 Å². The van der Waals surface area contributed by atoms with Crippen LogP contribution >= 0.6 is 0 Å². The number of hydrogen-bond acceptors (Lipinski definition) is 2. The van der Waals surface area contributed by atoms with E-state index in [1.807, 2.05) is 12.1 Å². The molecule has 0 unspecified atom stereocenters. The Labute approximate surface area is 309 Å². The van der Waals surface area contributed by atoms with Crippen molar-refractivity contribution in [2.24, 2.45) is 0 Å². The summed E-state index contributed by atoms with van der Waals surface area (Å²) in [7, 11) is 0. The van der Waals surface area contributed by atoms with Gasteiger partial charge in [-0.3, -0.25) is 4.57 Å². The first-order valence-corrected chi connectivity index (χ1v) is 18.3. The zero-order chi connectivity index (χ0) is 35.3. The quantitative estimate of drug-likeness (QED) is 0.184. The molecule has 0 radical (unpaired) electrons. The van der Waals surface area contributed by atoms with Gasteiger partial charge in [0.2, 0.25) is 0 Å². The Morgan fingerprint density at radius 1 is 0.370 bits per heavy atom. The summed E-state index contributed by atoms with van der Waals surface area (Å²) in [5.74, 6) is 0.926. The van der Waals surface area contributed by atoms with Crippen LogP contribution in [0.2, 0.25) is 0 Å². The lowest BCUT2D eigenvalue weighted by atomic mass is 10.1. The van der Waals surface area contributed by atoms with E-state index in [4.69, 9.17) is 9.40 Å². The highest BCUT2D eigenvalue weighted by atomic mass is 16.3. The van der Waals surface area contributed by atoms with Gasteiger partial charge in [-0.25, -0.2) is 4.98 Å². The van der Waals surface area contributed by atoms with Gasteiger partial charge in [0.1, 0.15) is 17.0 Å². The van der Waals surface area contributed by atoms with Crippen LogP contribution in [-0.2, 0) is 0 Å². The third kappa shape index (κ3) is 4.06. The molecule has 0 bridgehead atoms. The van der Waals surface area contributed by atoms with Crippen molar-refractivity contribution in [2.45, 2.75) is 0 Å². The number of aromatic nitrogens is 4. The highest BCUT2D eigenvalue weighted by Gasteiger charge is 2.21. The molecule has 12 rings (SSSR count). The van der Waals surface area contributed by atoms with Crippen molar-refractivity contribution in [3.05, 3.63) is 182 Å². The summed E-state index contributed by atoms with van der Waals surface area (Å²) in [6, 6.07) is 64.6. The maximum atomic E-state index is 6.80. The van der Waals surface area contributed by atoms with Gasteiger partial charge in [0.15, 0.2) is 0 Å². The number of para-hydroxylation sites is 5. The predicted octanol–water partition coefficient (Wildman–Crippen LogP) is 12.8. The smallest absolute Gasteiger partial charge is 0.145 e. The van der Waals surface area contributed by atoms with Crippen LogP contribution in [0.5, 0.6) is 0 Å². The zero-order valence-corrected chi connectivity index (χ0v) is 29.0. The first-order chi connectivity index (χ1) is 26.8. The molecule has 0 saturated heterocycles. The third-order valence-corrected chi connectivity index (χ3v) is 11.1. The van der Waals surface area contributed by atoms with Gasteiger partial charge in [-0.2, -0.15) is 0 Å². The van der Waals surface area contributed by atoms with E-state index in [0.29, 0.717) is 0 Å². The number of nitrogens with zero attached hydrogens (tertiary/aromatic N) is 4. The maximum absolute atomic E-state index is 6.80. The van der Waals surface area contributed by atoms with Crippen molar-refractivity contribution in [2.75, 3.05) is 0 Å². The lowest BCUT2D eigenvalue weighted by molar-refractivity contribution is 0.673. The summed E-state index contributed by atoms with van der Waals surface area (Å²) in [5.41, 5.74) is 12.8. The van der Waals surface area contributed by atoms with Crippen molar-refractivity contribution in [3.63, 3.8) is 0 Å². The van der Waals surface area contributed by atoms with Crippen LogP contribution < -0.4 is 0 Å². The minimum Gasteiger partial charge on any atom is -0.455 e. The van der Waals surface area contributed by atoms with E-state index in [2.05, 4.69) is 184 Å². The van der Waals surface area contributed by atoms with Crippen LogP contribution in [0.1, 0.15) is 0 Å². The van der Waals surface area contributed by atoms with Gasteiger partial charge < -0.3 is 13.6 Å². The number of fused-ring (bicyclic) bond motifs is 11. The Bertz CT molecular complexity index is 3380. The van der Waals surface area contributed by atoms with E-state index in [-0.39, 0.29) is 0 Å². The Hall–Kier alpha value is -7.37. The average Bonchev–Trinajstić information content (AvgIpc) is 3.99. The lowest BCUT2D eigenvalue weighted by Gasteiger charge is -2.12. The Morgan fingerprint density at radius 3 is 1.65 bits per heavy atom. The van der Waals surface area contributed by atoms with E-state index in [0.717, 1.165) is 83.2 Å². The molecule has 0 spiro atoms. The van der Waals surface area contributed by atoms with Crippen LogP contribution in [0, 0.1) is 0 Å². The summed E-state index contributed by atoms with van der Waals surface area (Å²) in [5, 5.41) is 7.00. The Kier molecular flexibility index (Phi) is 5.99. The lowest BCUT2D eigenvalue weighted by Crippen LogP contribution is -1.99. The van der Waals surface area contributed by atoms with Crippen LogP contribution in [0.4, 0.5) is 0 Å². The van der Waals surface area contributed by atoms with Gasteiger partial charge in [0.25, 0.3) is 0 Å². The van der Waals surface area contributed by atoms with E-state index < -0.39 is 0 Å². The highest BCUT2D eigenvalue weighted by molar-refractivity contribution is 6.24. The fraction of sp³-hybridized carbons (Fsp3) is 0. The van der Waals surface area contributed by atoms with E-state index in [1.54, 1.807) is 0 Å². The summed E-state index contributed by atoms with van der Waals surface area (Å²) in [4.78, 5) is 5.05. The minimum atomic E-state index is 0.880. The SMILES string of the molecule is c1ccc(-c2nc3ccccc3n2-c2ccc(-n3c4ccccc4c4c5oc6ccc(-n7c8ccccc8c8ccccc87)cc6c5ccc43)cc2)cc1. The molecule has 0 N–H and O–H groups in total. The molecule has 0 saturated carbocycles. The van der Waals surface area contributed by atoms with Crippen molar-refractivity contribution in [3.8, 4) is 28.5 Å². The Morgan fingerprint density at radius 2 is 0.926 bits per heavy atom. The van der Waals surface area contributed by atoms with Gasteiger partial charge in [0, 0.05) is 49.6 Å². The molecule has 4 aromatic heterocycles. The zero-order valence-electron chi connectivity index (χ0n) is 29.0. The first-order valence-electron chi connectivity index (χ1n) is 18.3. The largest absolute Gasteiger partial charge is 0.455 e. The molecular weight excluding hydrogens is 661 g/mol. The molecule has 0 amide bonds. The predicted molar refractivity (Wildman–Crippen MR) is 222 cm³/mol. The second kappa shape index (κ2) is 11.1. The summed E-state index contributed by atoms with van der Waals surface area (Å²) >= 11 is 0. The second-order valence-corrected chi connectivity index (χ2v) is 14.0. The third-order valence-electron chi connectivity index (χ3n) is 11.1. The van der Waals surface area contributed by atoms with Crippen LogP contribution in [0.15, 0.2) is 186 Å². The van der Waals surface area contributed by atoms with Crippen LogP contribution in [0.25, 0.3) is 105 Å². The highest BCUT2D eigenvalue weighted by Crippen LogP contribution is 2.42. The van der Waals surface area contributed by atoms with Crippen molar-refractivity contribution >= 4 is 76.6 Å². The molecular formula is C49H30N4O. The number of hydrogen-bond donors (Lipinski definition) is 0. The summed E-state index contributed by atoms with van der Waals surface area (Å²) < 4.78 is 13.8. The minimum absolute atomic E-state index is 0.880. The molecule has 5 nitrogen and oxygen atoms in total. The fourth-order valence-corrected chi connectivity index (χ4v) is 8.71. The number of rotatable bonds is 4. The van der Waals surface area contributed by atoms with E-state index in [9.17, 15) is 0 Å². The monoisotopic (exact) mass is 690 g/mol. The Balaban J connectivity index is 1.04.